The zero-order chi connectivity index (χ0) is 13.8. The van der Waals surface area contributed by atoms with Crippen molar-refractivity contribution in [2.24, 2.45) is 0 Å². The van der Waals surface area contributed by atoms with E-state index in [0.717, 1.165) is 5.69 Å². The Morgan fingerprint density at radius 1 is 1.16 bits per heavy atom. The second kappa shape index (κ2) is 5.34. The van der Waals surface area contributed by atoms with Gasteiger partial charge in [0.25, 0.3) is 0 Å². The molecular weight excluding hydrogens is 242 g/mol. The Morgan fingerprint density at radius 2 is 1.79 bits per heavy atom. The van der Waals surface area contributed by atoms with E-state index >= 15 is 0 Å². The highest BCUT2D eigenvalue weighted by molar-refractivity contribution is 5.94. The minimum Gasteiger partial charge on any atom is -0.393 e. The van der Waals surface area contributed by atoms with Crippen molar-refractivity contribution >= 4 is 28.8 Å². The van der Waals surface area contributed by atoms with Gasteiger partial charge in [-0.25, -0.2) is 9.97 Å². The number of Topliss-reactive ketones (excluding diaryl/α,β-unsaturated/α-hetero) is 1. The number of ketones is 1. The molecule has 0 fully saturated rings. The number of nitrogen functional groups attached to an aromatic ring is 1. The van der Waals surface area contributed by atoms with Crippen molar-refractivity contribution in [3.05, 3.63) is 36.2 Å². The fourth-order valence-corrected chi connectivity index (χ4v) is 1.62. The van der Waals surface area contributed by atoms with Crippen molar-refractivity contribution in [2.45, 2.75) is 6.92 Å². The van der Waals surface area contributed by atoms with Crippen molar-refractivity contribution in [2.75, 3.05) is 23.4 Å². The van der Waals surface area contributed by atoms with Crippen LogP contribution in [-0.4, -0.2) is 22.8 Å². The molecule has 6 nitrogen and oxygen atoms in total. The molecule has 1 aromatic heterocycles. The van der Waals surface area contributed by atoms with Gasteiger partial charge in [-0.15, -0.1) is 0 Å². The summed E-state index contributed by atoms with van der Waals surface area (Å²) in [6, 6.07) is 7.11. The smallest absolute Gasteiger partial charge is 0.159 e. The average molecular weight is 257 g/mol. The van der Waals surface area contributed by atoms with Gasteiger partial charge in [-0.05, 0) is 31.2 Å². The van der Waals surface area contributed by atoms with E-state index in [-0.39, 0.29) is 5.78 Å². The number of rotatable bonds is 4. The van der Waals surface area contributed by atoms with Crippen molar-refractivity contribution in [3.63, 3.8) is 0 Å². The molecule has 0 atom stereocenters. The zero-order valence-electron chi connectivity index (χ0n) is 10.8. The second-order valence-corrected chi connectivity index (χ2v) is 3.99. The molecule has 1 heterocycles. The Bertz CT molecular complexity index is 594. The molecule has 0 saturated carbocycles. The first-order chi connectivity index (χ1) is 9.11. The van der Waals surface area contributed by atoms with Gasteiger partial charge in [0.05, 0.1) is 0 Å². The van der Waals surface area contributed by atoms with E-state index in [1.54, 1.807) is 31.3 Å². The second-order valence-electron chi connectivity index (χ2n) is 3.99. The van der Waals surface area contributed by atoms with E-state index in [9.17, 15) is 4.79 Å². The van der Waals surface area contributed by atoms with Gasteiger partial charge in [-0.2, -0.15) is 0 Å². The molecule has 6 heteroatoms. The Kier molecular flexibility index (Phi) is 3.61. The van der Waals surface area contributed by atoms with E-state index in [4.69, 9.17) is 5.73 Å². The molecule has 0 saturated heterocycles. The predicted molar refractivity (Wildman–Crippen MR) is 75.7 cm³/mol. The average Bonchev–Trinajstić information content (AvgIpc) is 2.42. The molecule has 0 unspecified atom stereocenters. The summed E-state index contributed by atoms with van der Waals surface area (Å²) in [6.07, 6.45) is 1.43. The van der Waals surface area contributed by atoms with E-state index in [1.807, 2.05) is 0 Å². The molecule has 0 aliphatic heterocycles. The number of anilines is 4. The van der Waals surface area contributed by atoms with Crippen molar-refractivity contribution in [1.29, 1.82) is 0 Å². The number of hydrogen-bond donors (Lipinski definition) is 3. The first-order valence-electron chi connectivity index (χ1n) is 5.78. The van der Waals surface area contributed by atoms with E-state index in [1.165, 1.54) is 13.3 Å². The molecule has 0 bridgehead atoms. The Hall–Kier alpha value is -2.63. The minimum atomic E-state index is 0.0329. The Balaban J connectivity index is 2.24. The van der Waals surface area contributed by atoms with Crippen LogP contribution in [-0.2, 0) is 0 Å². The molecular formula is C13H15N5O. The summed E-state index contributed by atoms with van der Waals surface area (Å²) in [5.41, 5.74) is 7.83. The van der Waals surface area contributed by atoms with Gasteiger partial charge in [0.15, 0.2) is 17.4 Å². The summed E-state index contributed by atoms with van der Waals surface area (Å²) in [5.74, 6) is 1.12. The number of nitrogens with two attached hydrogens (primary N) is 1. The highest BCUT2D eigenvalue weighted by Crippen LogP contribution is 2.25. The summed E-state index contributed by atoms with van der Waals surface area (Å²) in [6.45, 7) is 1.53. The lowest BCUT2D eigenvalue weighted by molar-refractivity contribution is 0.101. The molecule has 0 aliphatic carbocycles. The number of nitrogens with one attached hydrogen (secondary N) is 2. The van der Waals surface area contributed by atoms with E-state index < -0.39 is 0 Å². The number of carbonyl (C=O) groups is 1. The molecule has 0 aliphatic rings. The van der Waals surface area contributed by atoms with Crippen LogP contribution in [0.5, 0.6) is 0 Å². The van der Waals surface area contributed by atoms with Gasteiger partial charge in [-0.3, -0.25) is 4.79 Å². The normalized spacial score (nSPS) is 10.0. The quantitative estimate of drug-likeness (QED) is 0.726. The number of benzene rings is 1. The maximum Gasteiger partial charge on any atom is 0.159 e. The predicted octanol–water partition coefficient (Wildman–Crippen LogP) is 2.05. The van der Waals surface area contributed by atoms with Gasteiger partial charge >= 0.3 is 0 Å². The number of aromatic nitrogens is 2. The SMILES string of the molecule is CNc1ncnc(Nc2ccc(C(C)=O)cc2)c1N. The van der Waals surface area contributed by atoms with Crippen LogP contribution in [0, 0.1) is 0 Å². The maximum absolute atomic E-state index is 11.2. The van der Waals surface area contributed by atoms with Gasteiger partial charge in [0, 0.05) is 18.3 Å². The van der Waals surface area contributed by atoms with E-state index in [2.05, 4.69) is 20.6 Å². The molecule has 0 radical (unpaired) electrons. The van der Waals surface area contributed by atoms with Crippen LogP contribution in [0.1, 0.15) is 17.3 Å². The summed E-state index contributed by atoms with van der Waals surface area (Å²) in [4.78, 5) is 19.3. The lowest BCUT2D eigenvalue weighted by Gasteiger charge is -2.10. The van der Waals surface area contributed by atoms with Crippen LogP contribution in [0.4, 0.5) is 23.0 Å². The molecule has 2 rings (SSSR count). The maximum atomic E-state index is 11.2. The summed E-state index contributed by atoms with van der Waals surface area (Å²) in [5, 5.41) is 5.97. The highest BCUT2D eigenvalue weighted by Gasteiger charge is 2.07. The summed E-state index contributed by atoms with van der Waals surface area (Å²) >= 11 is 0. The van der Waals surface area contributed by atoms with Crippen LogP contribution in [0.2, 0.25) is 0 Å². The number of hydrogen-bond acceptors (Lipinski definition) is 6. The third-order valence-corrected chi connectivity index (χ3v) is 2.67. The standard InChI is InChI=1S/C13H15N5O/c1-8(19)9-3-5-10(6-4-9)18-13-11(14)12(15-2)16-7-17-13/h3-7H,14H2,1-2H3,(H2,15,16,17,18). The van der Waals surface area contributed by atoms with Gasteiger partial charge < -0.3 is 16.4 Å². The largest absolute Gasteiger partial charge is 0.393 e. The molecule has 0 amide bonds. The molecule has 98 valence electrons. The Labute approximate surface area is 111 Å². The minimum absolute atomic E-state index is 0.0329. The van der Waals surface area contributed by atoms with Crippen LogP contribution in [0.3, 0.4) is 0 Å². The van der Waals surface area contributed by atoms with Crippen LogP contribution >= 0.6 is 0 Å². The lowest BCUT2D eigenvalue weighted by Crippen LogP contribution is -2.05. The van der Waals surface area contributed by atoms with Crippen molar-refractivity contribution < 1.29 is 4.79 Å². The van der Waals surface area contributed by atoms with Crippen LogP contribution in [0.15, 0.2) is 30.6 Å². The third-order valence-electron chi connectivity index (χ3n) is 2.67. The molecule has 1 aromatic carbocycles. The lowest BCUT2D eigenvalue weighted by atomic mass is 10.1. The molecule has 2 aromatic rings. The summed E-state index contributed by atoms with van der Waals surface area (Å²) in [7, 11) is 1.74. The van der Waals surface area contributed by atoms with E-state index in [0.29, 0.717) is 22.9 Å². The fraction of sp³-hybridized carbons (Fsp3) is 0.154. The number of nitrogens with zero attached hydrogens (tertiary/aromatic N) is 2. The van der Waals surface area contributed by atoms with Gasteiger partial charge in [-0.1, -0.05) is 0 Å². The first kappa shape index (κ1) is 12.8. The molecule has 0 spiro atoms. The van der Waals surface area contributed by atoms with Crippen molar-refractivity contribution in [1.82, 2.24) is 9.97 Å². The topological polar surface area (TPSA) is 92.9 Å². The highest BCUT2D eigenvalue weighted by atomic mass is 16.1. The monoisotopic (exact) mass is 257 g/mol. The first-order valence-corrected chi connectivity index (χ1v) is 5.78. The number of carbonyl (C=O) groups excluding carboxylic acids is 1. The van der Waals surface area contributed by atoms with Gasteiger partial charge in [0.2, 0.25) is 0 Å². The van der Waals surface area contributed by atoms with Gasteiger partial charge in [0.1, 0.15) is 12.0 Å². The van der Waals surface area contributed by atoms with Crippen molar-refractivity contribution in [3.8, 4) is 0 Å². The van der Waals surface area contributed by atoms with Crippen LogP contribution < -0.4 is 16.4 Å². The Morgan fingerprint density at radius 3 is 2.37 bits per heavy atom. The van der Waals surface area contributed by atoms with Crippen LogP contribution in [0.25, 0.3) is 0 Å². The fourth-order valence-electron chi connectivity index (χ4n) is 1.62. The molecule has 4 N–H and O–H groups in total. The third kappa shape index (κ3) is 2.79. The molecule has 19 heavy (non-hydrogen) atoms. The summed E-state index contributed by atoms with van der Waals surface area (Å²) < 4.78 is 0. The zero-order valence-corrected chi connectivity index (χ0v) is 10.8.